The Morgan fingerprint density at radius 2 is 1.77 bits per heavy atom. The number of para-hydroxylation sites is 1. The molecule has 172 valence electrons. The van der Waals surface area contributed by atoms with Crippen LogP contribution in [0.5, 0.6) is 0 Å². The van der Waals surface area contributed by atoms with Crippen LogP contribution in [0.2, 0.25) is 0 Å². The van der Waals surface area contributed by atoms with Gasteiger partial charge in [0.05, 0.1) is 22.8 Å². The van der Waals surface area contributed by atoms with Crippen LogP contribution in [-0.4, -0.2) is 46.0 Å². The highest BCUT2D eigenvalue weighted by atomic mass is 16.2. The number of carbonyl (C=O) groups excluding carboxylic acids is 1. The van der Waals surface area contributed by atoms with Gasteiger partial charge in [-0.15, -0.1) is 0 Å². The van der Waals surface area contributed by atoms with Crippen LogP contribution in [-0.2, 0) is 6.54 Å². The van der Waals surface area contributed by atoms with Gasteiger partial charge in [0.15, 0.2) is 0 Å². The molecule has 0 radical (unpaired) electrons. The first-order chi connectivity index (χ1) is 17.2. The Labute approximate surface area is 204 Å². The molecule has 3 heterocycles. The third-order valence-electron chi connectivity index (χ3n) is 7.07. The molecule has 2 saturated heterocycles. The molecule has 2 amide bonds. The van der Waals surface area contributed by atoms with Crippen LogP contribution in [0.25, 0.3) is 22.0 Å². The second kappa shape index (κ2) is 8.86. The molecule has 1 aromatic heterocycles. The topological polar surface area (TPSA) is 72.3 Å². The highest BCUT2D eigenvalue weighted by Crippen LogP contribution is 2.32. The van der Waals surface area contributed by atoms with E-state index in [0.717, 1.165) is 59.5 Å². The molecule has 35 heavy (non-hydrogen) atoms. The zero-order chi connectivity index (χ0) is 23.8. The van der Waals surface area contributed by atoms with Crippen LogP contribution in [0.1, 0.15) is 17.7 Å². The molecule has 4 aromatic rings. The zero-order valence-electron chi connectivity index (χ0n) is 19.3. The minimum atomic E-state index is -0.0519. The summed E-state index contributed by atoms with van der Waals surface area (Å²) in [4.78, 5) is 22.4. The number of fused-ring (bicyclic) bond motifs is 3. The van der Waals surface area contributed by atoms with Gasteiger partial charge in [0.25, 0.3) is 0 Å². The first-order valence-electron chi connectivity index (χ1n) is 11.9. The maximum absolute atomic E-state index is 13.1. The number of hydrogen-bond acceptors (Lipinski definition) is 4. The van der Waals surface area contributed by atoms with Gasteiger partial charge in [-0.2, -0.15) is 5.26 Å². The third kappa shape index (κ3) is 4.23. The molecule has 6 nitrogen and oxygen atoms in total. The number of hydrogen-bond donors (Lipinski definition) is 1. The van der Waals surface area contributed by atoms with Gasteiger partial charge in [-0.25, -0.2) is 4.79 Å². The molecule has 0 aliphatic carbocycles. The molecule has 2 aliphatic heterocycles. The van der Waals surface area contributed by atoms with Crippen LogP contribution in [0, 0.1) is 11.3 Å². The van der Waals surface area contributed by atoms with E-state index >= 15 is 0 Å². The van der Waals surface area contributed by atoms with Gasteiger partial charge in [0, 0.05) is 42.8 Å². The largest absolute Gasteiger partial charge is 0.322 e. The average molecular weight is 460 g/mol. The Balaban J connectivity index is 1.10. The fourth-order valence-corrected chi connectivity index (χ4v) is 5.34. The van der Waals surface area contributed by atoms with E-state index < -0.39 is 0 Å². The maximum atomic E-state index is 13.1. The highest BCUT2D eigenvalue weighted by molar-refractivity contribution is 5.91. The number of nitrogens with one attached hydrogen (secondary N) is 1. The second-order valence-electron chi connectivity index (χ2n) is 9.32. The number of anilines is 1. The van der Waals surface area contributed by atoms with E-state index in [1.165, 1.54) is 0 Å². The maximum Gasteiger partial charge on any atom is 0.322 e. The van der Waals surface area contributed by atoms with E-state index in [1.54, 1.807) is 6.07 Å². The third-order valence-corrected chi connectivity index (χ3v) is 7.07. The molecule has 0 unspecified atom stereocenters. The van der Waals surface area contributed by atoms with Crippen molar-refractivity contribution in [2.75, 3.05) is 18.4 Å². The molecule has 2 aliphatic rings. The van der Waals surface area contributed by atoms with Gasteiger partial charge in [0.2, 0.25) is 0 Å². The van der Waals surface area contributed by atoms with Gasteiger partial charge < -0.3 is 10.2 Å². The molecule has 2 bridgehead atoms. The Hall–Kier alpha value is -4.21. The number of nitrogens with zero attached hydrogens (tertiary/aromatic N) is 4. The predicted molar refractivity (Wildman–Crippen MR) is 137 cm³/mol. The predicted octanol–water partition coefficient (Wildman–Crippen LogP) is 5.26. The number of urea groups is 1. The van der Waals surface area contributed by atoms with Gasteiger partial charge in [-0.3, -0.25) is 9.88 Å². The summed E-state index contributed by atoms with van der Waals surface area (Å²) in [7, 11) is 0. The summed E-state index contributed by atoms with van der Waals surface area (Å²) >= 11 is 0. The van der Waals surface area contributed by atoms with Crippen molar-refractivity contribution in [3.8, 4) is 17.2 Å². The van der Waals surface area contributed by atoms with E-state index in [2.05, 4.69) is 40.6 Å². The summed E-state index contributed by atoms with van der Waals surface area (Å²) < 4.78 is 0. The Bertz CT molecular complexity index is 1460. The number of likely N-dealkylation sites (tertiary alicyclic amines) is 2. The molecule has 0 spiro atoms. The zero-order valence-corrected chi connectivity index (χ0v) is 19.3. The summed E-state index contributed by atoms with van der Waals surface area (Å²) in [5, 5.41) is 13.4. The summed E-state index contributed by atoms with van der Waals surface area (Å²) in [6, 6.07) is 30.4. The van der Waals surface area contributed by atoms with Gasteiger partial charge in [-0.1, -0.05) is 48.5 Å². The van der Waals surface area contributed by atoms with Crippen molar-refractivity contribution in [3.63, 3.8) is 0 Å². The molecule has 0 saturated carbocycles. The lowest BCUT2D eigenvalue weighted by molar-refractivity contribution is 0.138. The monoisotopic (exact) mass is 459 g/mol. The SMILES string of the molecule is N#Cc1cccc(-c2cccc(NC(=O)N3C[C@@H]4C[C@H]3CN4Cc3ccc4ccccc4n3)c2)c1. The van der Waals surface area contributed by atoms with Crippen LogP contribution in [0.3, 0.4) is 0 Å². The first-order valence-corrected chi connectivity index (χ1v) is 11.9. The molecule has 6 heteroatoms. The molecule has 6 rings (SSSR count). The molecule has 2 fully saturated rings. The molecule has 2 atom stereocenters. The number of rotatable bonds is 4. The fourth-order valence-electron chi connectivity index (χ4n) is 5.34. The van der Waals surface area contributed by atoms with Crippen molar-refractivity contribution in [2.45, 2.75) is 25.0 Å². The first kappa shape index (κ1) is 21.3. The number of pyridine rings is 1. The van der Waals surface area contributed by atoms with E-state index in [-0.39, 0.29) is 12.1 Å². The number of aromatic nitrogens is 1. The lowest BCUT2D eigenvalue weighted by Crippen LogP contribution is -2.49. The lowest BCUT2D eigenvalue weighted by Gasteiger charge is -2.34. The number of amides is 2. The quantitative estimate of drug-likeness (QED) is 0.452. The minimum Gasteiger partial charge on any atom is -0.319 e. The van der Waals surface area contributed by atoms with Crippen molar-refractivity contribution in [1.82, 2.24) is 14.8 Å². The van der Waals surface area contributed by atoms with Crippen molar-refractivity contribution in [1.29, 1.82) is 5.26 Å². The van der Waals surface area contributed by atoms with Crippen molar-refractivity contribution in [3.05, 3.63) is 96.2 Å². The summed E-state index contributed by atoms with van der Waals surface area (Å²) in [6.07, 6.45) is 1.00. The second-order valence-corrected chi connectivity index (χ2v) is 9.32. The average Bonchev–Trinajstić information content (AvgIpc) is 3.50. The lowest BCUT2D eigenvalue weighted by atomic mass is 10.0. The van der Waals surface area contributed by atoms with E-state index in [0.29, 0.717) is 11.6 Å². The van der Waals surface area contributed by atoms with Gasteiger partial charge >= 0.3 is 6.03 Å². The van der Waals surface area contributed by atoms with Crippen molar-refractivity contribution in [2.24, 2.45) is 0 Å². The number of nitriles is 1. The van der Waals surface area contributed by atoms with E-state index in [1.807, 2.05) is 59.5 Å². The number of piperazine rings is 1. The van der Waals surface area contributed by atoms with Gasteiger partial charge in [0.1, 0.15) is 0 Å². The normalized spacial score (nSPS) is 19.1. The molecular formula is C29H25N5O. The van der Waals surface area contributed by atoms with E-state index in [9.17, 15) is 10.1 Å². The number of benzene rings is 3. The molecule has 1 N–H and O–H groups in total. The fraction of sp³-hybridized carbons (Fsp3) is 0.207. The Kier molecular flexibility index (Phi) is 5.40. The van der Waals surface area contributed by atoms with Crippen LogP contribution < -0.4 is 5.32 Å². The summed E-state index contributed by atoms with van der Waals surface area (Å²) in [5.41, 5.74) is 5.40. The minimum absolute atomic E-state index is 0.0519. The van der Waals surface area contributed by atoms with Crippen molar-refractivity contribution < 1.29 is 4.79 Å². The Morgan fingerprint density at radius 1 is 0.943 bits per heavy atom. The van der Waals surface area contributed by atoms with Crippen molar-refractivity contribution >= 4 is 22.6 Å². The number of carbonyl (C=O) groups is 1. The standard InChI is InChI=1S/C29H25N5O/c30-16-20-5-3-7-22(13-20)23-8-4-9-24(14-23)32-29(35)34-19-26-15-27(34)18-33(26)17-25-12-11-21-6-1-2-10-28(21)31-25/h1-14,26-27H,15,17-19H2,(H,32,35)/t26-,27-/m0/s1. The Morgan fingerprint density at radius 3 is 2.60 bits per heavy atom. The summed E-state index contributed by atoms with van der Waals surface area (Å²) in [6.45, 7) is 2.41. The summed E-state index contributed by atoms with van der Waals surface area (Å²) in [5.74, 6) is 0. The van der Waals surface area contributed by atoms with Crippen LogP contribution >= 0.6 is 0 Å². The molecular weight excluding hydrogens is 434 g/mol. The highest BCUT2D eigenvalue weighted by Gasteiger charge is 2.45. The molecule has 3 aromatic carbocycles. The smallest absolute Gasteiger partial charge is 0.319 e. The van der Waals surface area contributed by atoms with Crippen LogP contribution in [0.15, 0.2) is 84.9 Å². The van der Waals surface area contributed by atoms with E-state index in [4.69, 9.17) is 4.98 Å². The van der Waals surface area contributed by atoms with Gasteiger partial charge in [-0.05, 0) is 53.9 Å². The van der Waals surface area contributed by atoms with Crippen LogP contribution in [0.4, 0.5) is 10.5 Å².